The second-order valence-corrected chi connectivity index (χ2v) is 9.49. The highest BCUT2D eigenvalue weighted by Crippen LogP contribution is 2.48. The molecule has 0 saturated heterocycles. The normalized spacial score (nSPS) is 24.3. The number of urea groups is 1. The van der Waals surface area contributed by atoms with E-state index in [2.05, 4.69) is 27.4 Å². The van der Waals surface area contributed by atoms with E-state index in [0.717, 1.165) is 30.4 Å². The lowest BCUT2D eigenvalue weighted by atomic mass is 10.0. The Kier molecular flexibility index (Phi) is 6.79. The summed E-state index contributed by atoms with van der Waals surface area (Å²) in [6.45, 7) is 2.03. The number of nitrogens with one attached hydrogen (secondary N) is 3. The maximum atomic E-state index is 13.0. The van der Waals surface area contributed by atoms with Gasteiger partial charge in [-0.2, -0.15) is 11.3 Å². The van der Waals surface area contributed by atoms with Gasteiger partial charge in [-0.1, -0.05) is 44.0 Å². The van der Waals surface area contributed by atoms with Crippen LogP contribution < -0.4 is 21.7 Å². The molecule has 1 fully saturated rings. The van der Waals surface area contributed by atoms with Crippen LogP contribution in [-0.4, -0.2) is 29.9 Å². The van der Waals surface area contributed by atoms with Crippen molar-refractivity contribution in [2.45, 2.75) is 63.1 Å². The molecular weight excluding hydrogens is 424 g/mol. The Morgan fingerprint density at radius 1 is 1.19 bits per heavy atom. The Morgan fingerprint density at radius 3 is 2.72 bits per heavy atom. The van der Waals surface area contributed by atoms with Crippen LogP contribution >= 0.6 is 11.3 Å². The molecule has 2 aromatic rings. The number of rotatable bonds is 9. The number of benzene rings is 1. The number of primary amides is 1. The van der Waals surface area contributed by atoms with E-state index in [1.807, 2.05) is 36.6 Å². The summed E-state index contributed by atoms with van der Waals surface area (Å²) < 4.78 is 0. The van der Waals surface area contributed by atoms with Crippen molar-refractivity contribution in [3.05, 3.63) is 57.8 Å². The summed E-state index contributed by atoms with van der Waals surface area (Å²) >= 11 is 1.65. The van der Waals surface area contributed by atoms with Crippen LogP contribution in [0.2, 0.25) is 0 Å². The van der Waals surface area contributed by atoms with E-state index in [-0.39, 0.29) is 35.7 Å². The maximum Gasteiger partial charge on any atom is 0.312 e. The summed E-state index contributed by atoms with van der Waals surface area (Å²) in [4.78, 5) is 37.4. The lowest BCUT2D eigenvalue weighted by Crippen LogP contribution is -2.53. The van der Waals surface area contributed by atoms with Crippen molar-refractivity contribution < 1.29 is 14.4 Å². The molecule has 1 heterocycles. The molecular formula is C24H30N4O3S. The Morgan fingerprint density at radius 2 is 2.00 bits per heavy atom. The topological polar surface area (TPSA) is 113 Å². The van der Waals surface area contributed by atoms with E-state index < -0.39 is 12.1 Å². The fourth-order valence-corrected chi connectivity index (χ4v) is 5.36. The zero-order chi connectivity index (χ0) is 22.7. The molecule has 2 aliphatic carbocycles. The van der Waals surface area contributed by atoms with Crippen molar-refractivity contribution in [3.63, 3.8) is 0 Å². The van der Waals surface area contributed by atoms with Gasteiger partial charge in [0.15, 0.2) is 0 Å². The molecule has 1 saturated carbocycles. The first-order chi connectivity index (χ1) is 15.5. The SMILES string of the molecule is CCCCC(NC(N)=O)C(=O)N[C@@H]1Cc2ccccc2[C@H]1NC(=O)[C@@H]1C[C@H]1c1ccsc1. The molecule has 170 valence electrons. The van der Waals surface area contributed by atoms with Gasteiger partial charge in [0.1, 0.15) is 6.04 Å². The van der Waals surface area contributed by atoms with Crippen LogP contribution in [0.3, 0.4) is 0 Å². The van der Waals surface area contributed by atoms with E-state index in [1.54, 1.807) is 11.3 Å². The minimum absolute atomic E-state index is 0.0254. The van der Waals surface area contributed by atoms with Gasteiger partial charge in [0.2, 0.25) is 11.8 Å². The highest BCUT2D eigenvalue weighted by Gasteiger charge is 2.46. The second kappa shape index (κ2) is 9.73. The molecule has 4 amide bonds. The Bertz CT molecular complexity index is 977. The van der Waals surface area contributed by atoms with E-state index in [4.69, 9.17) is 5.73 Å². The molecule has 1 aromatic carbocycles. The summed E-state index contributed by atoms with van der Waals surface area (Å²) in [5.74, 6) is 0.0171. The number of thiophene rings is 1. The molecule has 32 heavy (non-hydrogen) atoms. The molecule has 7 nitrogen and oxygen atoms in total. The van der Waals surface area contributed by atoms with Gasteiger partial charge in [-0.25, -0.2) is 4.79 Å². The van der Waals surface area contributed by atoms with Crippen molar-refractivity contribution in [2.75, 3.05) is 0 Å². The summed E-state index contributed by atoms with van der Waals surface area (Å²) in [6, 6.07) is 8.06. The molecule has 0 radical (unpaired) electrons. The summed E-state index contributed by atoms with van der Waals surface area (Å²) in [6.07, 6.45) is 3.71. The lowest BCUT2D eigenvalue weighted by molar-refractivity contribution is -0.126. The van der Waals surface area contributed by atoms with Gasteiger partial charge < -0.3 is 21.7 Å². The number of amides is 4. The Hall–Kier alpha value is -2.87. The van der Waals surface area contributed by atoms with Crippen molar-refractivity contribution in [1.29, 1.82) is 0 Å². The minimum Gasteiger partial charge on any atom is -0.352 e. The Labute approximate surface area is 192 Å². The molecule has 4 rings (SSSR count). The first-order valence-electron chi connectivity index (χ1n) is 11.2. The van der Waals surface area contributed by atoms with Crippen LogP contribution in [0, 0.1) is 5.92 Å². The third-order valence-corrected chi connectivity index (χ3v) is 7.14. The molecule has 8 heteroatoms. The minimum atomic E-state index is -0.714. The molecule has 1 unspecified atom stereocenters. The number of carbonyl (C=O) groups is 3. The first-order valence-corrected chi connectivity index (χ1v) is 12.2. The van der Waals surface area contributed by atoms with Gasteiger partial charge in [0, 0.05) is 5.92 Å². The largest absolute Gasteiger partial charge is 0.352 e. The zero-order valence-electron chi connectivity index (χ0n) is 18.2. The molecule has 0 aliphatic heterocycles. The molecule has 0 bridgehead atoms. The molecule has 5 N–H and O–H groups in total. The monoisotopic (exact) mass is 454 g/mol. The van der Waals surface area contributed by atoms with Crippen molar-refractivity contribution in [1.82, 2.24) is 16.0 Å². The summed E-state index contributed by atoms with van der Waals surface area (Å²) in [7, 11) is 0. The summed E-state index contributed by atoms with van der Waals surface area (Å²) in [5.41, 5.74) is 8.65. The predicted molar refractivity (Wildman–Crippen MR) is 124 cm³/mol. The van der Waals surface area contributed by atoms with Crippen LogP contribution in [0.25, 0.3) is 0 Å². The third-order valence-electron chi connectivity index (χ3n) is 6.44. The lowest BCUT2D eigenvalue weighted by Gasteiger charge is -2.26. The van der Waals surface area contributed by atoms with Crippen molar-refractivity contribution in [2.24, 2.45) is 11.7 Å². The van der Waals surface area contributed by atoms with Gasteiger partial charge >= 0.3 is 6.03 Å². The molecule has 0 spiro atoms. The first kappa shape index (κ1) is 22.3. The van der Waals surface area contributed by atoms with Gasteiger partial charge in [-0.3, -0.25) is 9.59 Å². The predicted octanol–water partition coefficient (Wildman–Crippen LogP) is 2.98. The van der Waals surface area contributed by atoms with Crippen LogP contribution in [0.1, 0.15) is 61.3 Å². The zero-order valence-corrected chi connectivity index (χ0v) is 19.0. The molecule has 5 atom stereocenters. The fraction of sp³-hybridized carbons (Fsp3) is 0.458. The highest BCUT2D eigenvalue weighted by molar-refractivity contribution is 7.08. The maximum absolute atomic E-state index is 13.0. The van der Waals surface area contributed by atoms with Crippen LogP contribution in [0.4, 0.5) is 4.79 Å². The average Bonchev–Trinajstić information content (AvgIpc) is 3.24. The van der Waals surface area contributed by atoms with E-state index >= 15 is 0 Å². The van der Waals surface area contributed by atoms with Gasteiger partial charge in [-0.15, -0.1) is 0 Å². The van der Waals surface area contributed by atoms with E-state index in [0.29, 0.717) is 12.8 Å². The quantitative estimate of drug-likeness (QED) is 0.467. The molecule has 1 aromatic heterocycles. The van der Waals surface area contributed by atoms with Crippen molar-refractivity contribution in [3.8, 4) is 0 Å². The standard InChI is InChI=1S/C24H30N4O3S/c1-2-3-8-19(27-24(25)31)23(30)26-20-11-14-6-4-5-7-16(14)21(20)28-22(29)18-12-17(18)15-9-10-32-13-15/h4-7,9-10,13,17-21H,2-3,8,11-12H2,1H3,(H,26,30)(H,28,29)(H3,25,27,31)/t17-,18+,19?,20+,21+/m0/s1. The van der Waals surface area contributed by atoms with Gasteiger partial charge in [0.05, 0.1) is 12.1 Å². The van der Waals surface area contributed by atoms with Crippen molar-refractivity contribution >= 4 is 29.2 Å². The van der Waals surface area contributed by atoms with Crippen LogP contribution in [0.5, 0.6) is 0 Å². The van der Waals surface area contributed by atoms with E-state index in [9.17, 15) is 14.4 Å². The van der Waals surface area contributed by atoms with Gasteiger partial charge in [0.25, 0.3) is 0 Å². The summed E-state index contributed by atoms with van der Waals surface area (Å²) in [5, 5.41) is 13.0. The molecule has 2 aliphatic rings. The highest BCUT2D eigenvalue weighted by atomic mass is 32.1. The number of hydrogen-bond acceptors (Lipinski definition) is 4. The second-order valence-electron chi connectivity index (χ2n) is 8.71. The van der Waals surface area contributed by atoms with Crippen LogP contribution in [-0.2, 0) is 16.0 Å². The number of fused-ring (bicyclic) bond motifs is 1. The van der Waals surface area contributed by atoms with Crippen LogP contribution in [0.15, 0.2) is 41.1 Å². The number of unbranched alkanes of at least 4 members (excludes halogenated alkanes) is 1. The number of nitrogens with two attached hydrogens (primary N) is 1. The number of hydrogen-bond donors (Lipinski definition) is 4. The number of carbonyl (C=O) groups excluding carboxylic acids is 3. The Balaban J connectivity index is 1.45. The van der Waals surface area contributed by atoms with Gasteiger partial charge in [-0.05, 0) is 58.7 Å². The third kappa shape index (κ3) is 4.96. The van der Waals surface area contributed by atoms with E-state index in [1.165, 1.54) is 5.56 Å². The average molecular weight is 455 g/mol. The smallest absolute Gasteiger partial charge is 0.312 e. The fourth-order valence-electron chi connectivity index (χ4n) is 4.64.